The van der Waals surface area contributed by atoms with E-state index in [1.54, 1.807) is 11.3 Å². The Hall–Kier alpha value is -0.910. The zero-order chi connectivity index (χ0) is 14.3. The molecule has 4 nitrogen and oxygen atoms in total. The van der Waals surface area contributed by atoms with Crippen molar-refractivity contribution in [3.63, 3.8) is 0 Å². The van der Waals surface area contributed by atoms with E-state index in [0.717, 1.165) is 25.9 Å². The van der Waals surface area contributed by atoms with E-state index in [1.807, 2.05) is 4.90 Å². The lowest BCUT2D eigenvalue weighted by atomic mass is 10.2. The Labute approximate surface area is 124 Å². The van der Waals surface area contributed by atoms with Crippen molar-refractivity contribution in [1.29, 1.82) is 0 Å². The minimum Gasteiger partial charge on any atom is -0.320 e. The summed E-state index contributed by atoms with van der Waals surface area (Å²) in [7, 11) is 2.12. The monoisotopic (exact) mass is 293 g/mol. The van der Waals surface area contributed by atoms with Gasteiger partial charge in [0, 0.05) is 19.1 Å². The molecule has 1 amide bonds. The third-order valence-electron chi connectivity index (χ3n) is 4.58. The Balaban J connectivity index is 1.73. The number of hydrogen-bond acceptors (Lipinski definition) is 4. The van der Waals surface area contributed by atoms with Gasteiger partial charge in [-0.05, 0) is 56.1 Å². The van der Waals surface area contributed by atoms with Crippen molar-refractivity contribution in [2.75, 3.05) is 20.1 Å². The smallest absolute Gasteiger partial charge is 0.244 e. The van der Waals surface area contributed by atoms with Crippen molar-refractivity contribution in [1.82, 2.24) is 15.1 Å². The molecule has 5 heteroatoms. The molecule has 1 aromatic rings. The summed E-state index contributed by atoms with van der Waals surface area (Å²) in [6, 6.07) is 2.63. The minimum atomic E-state index is -0.233. The van der Waals surface area contributed by atoms with Crippen LogP contribution in [0.5, 0.6) is 0 Å². The predicted molar refractivity (Wildman–Crippen MR) is 81.6 cm³/mol. The maximum Gasteiger partial charge on any atom is 0.244 e. The first-order valence-corrected chi connectivity index (χ1v) is 8.29. The molecule has 1 unspecified atom stereocenters. The van der Waals surface area contributed by atoms with Crippen LogP contribution in [0.25, 0.3) is 0 Å². The van der Waals surface area contributed by atoms with Crippen LogP contribution in [0, 0.1) is 0 Å². The molecule has 2 fully saturated rings. The van der Waals surface area contributed by atoms with Crippen LogP contribution in [-0.4, -0.2) is 47.4 Å². The van der Waals surface area contributed by atoms with E-state index in [0.29, 0.717) is 11.9 Å². The summed E-state index contributed by atoms with van der Waals surface area (Å²) in [5, 5.41) is 7.79. The summed E-state index contributed by atoms with van der Waals surface area (Å²) in [5.41, 5.74) is 0.988. The highest BCUT2D eigenvalue weighted by Gasteiger charge is 2.59. The normalized spacial score (nSPS) is 24.4. The van der Waals surface area contributed by atoms with Gasteiger partial charge in [0.25, 0.3) is 0 Å². The van der Waals surface area contributed by atoms with E-state index in [-0.39, 0.29) is 11.7 Å². The molecule has 20 heavy (non-hydrogen) atoms. The van der Waals surface area contributed by atoms with E-state index >= 15 is 0 Å². The highest BCUT2D eigenvalue weighted by atomic mass is 32.1. The minimum absolute atomic E-state index is 0.0665. The molecule has 1 aliphatic carbocycles. The van der Waals surface area contributed by atoms with Gasteiger partial charge in [-0.15, -0.1) is 0 Å². The highest BCUT2D eigenvalue weighted by Crippen LogP contribution is 2.46. The molecule has 1 atom stereocenters. The van der Waals surface area contributed by atoms with Crippen molar-refractivity contribution in [3.8, 4) is 0 Å². The van der Waals surface area contributed by atoms with Crippen LogP contribution >= 0.6 is 11.3 Å². The molecular formula is C15H23N3OS. The lowest BCUT2D eigenvalue weighted by Gasteiger charge is -2.28. The number of rotatable bonds is 5. The van der Waals surface area contributed by atoms with Gasteiger partial charge in [0.05, 0.1) is 0 Å². The fourth-order valence-corrected chi connectivity index (χ4v) is 3.40. The molecule has 3 rings (SSSR count). The van der Waals surface area contributed by atoms with Crippen molar-refractivity contribution < 1.29 is 4.79 Å². The SMILES string of the molecule is CC(C)N(C)CCN1C(=O)C2(CC2)NC1c1ccsc1. The quantitative estimate of drug-likeness (QED) is 0.902. The van der Waals surface area contributed by atoms with Crippen LogP contribution in [0.3, 0.4) is 0 Å². The summed E-state index contributed by atoms with van der Waals surface area (Å²) >= 11 is 1.69. The van der Waals surface area contributed by atoms with Gasteiger partial charge in [0.2, 0.25) is 5.91 Å². The molecule has 2 aliphatic rings. The number of likely N-dealkylation sites (N-methyl/N-ethyl adjacent to an activating group) is 1. The van der Waals surface area contributed by atoms with Crippen LogP contribution in [0.1, 0.15) is 38.4 Å². The topological polar surface area (TPSA) is 35.6 Å². The largest absolute Gasteiger partial charge is 0.320 e. The predicted octanol–water partition coefficient (Wildman–Crippen LogP) is 2.05. The second-order valence-electron chi connectivity index (χ2n) is 6.26. The van der Waals surface area contributed by atoms with Crippen LogP contribution in [0.2, 0.25) is 0 Å². The second-order valence-corrected chi connectivity index (χ2v) is 7.04. The summed E-state index contributed by atoms with van der Waals surface area (Å²) in [4.78, 5) is 16.9. The van der Waals surface area contributed by atoms with E-state index in [1.165, 1.54) is 5.56 Å². The van der Waals surface area contributed by atoms with Crippen molar-refractivity contribution in [3.05, 3.63) is 22.4 Å². The van der Waals surface area contributed by atoms with Crippen LogP contribution in [-0.2, 0) is 4.79 Å². The zero-order valence-corrected chi connectivity index (χ0v) is 13.2. The lowest BCUT2D eigenvalue weighted by molar-refractivity contribution is -0.131. The van der Waals surface area contributed by atoms with Gasteiger partial charge >= 0.3 is 0 Å². The van der Waals surface area contributed by atoms with Gasteiger partial charge in [0.15, 0.2) is 0 Å². The van der Waals surface area contributed by atoms with Crippen molar-refractivity contribution in [2.45, 2.75) is 44.4 Å². The molecule has 0 bridgehead atoms. The highest BCUT2D eigenvalue weighted by molar-refractivity contribution is 7.07. The summed E-state index contributed by atoms with van der Waals surface area (Å²) in [6.45, 7) is 6.08. The Morgan fingerprint density at radius 2 is 2.30 bits per heavy atom. The van der Waals surface area contributed by atoms with Gasteiger partial charge in [0.1, 0.15) is 11.7 Å². The third-order valence-corrected chi connectivity index (χ3v) is 5.28. The van der Waals surface area contributed by atoms with Crippen molar-refractivity contribution >= 4 is 17.2 Å². The Morgan fingerprint density at radius 1 is 1.55 bits per heavy atom. The number of carbonyl (C=O) groups is 1. The molecule has 1 saturated heterocycles. The van der Waals surface area contributed by atoms with Gasteiger partial charge in [-0.1, -0.05) is 0 Å². The number of amides is 1. The molecule has 110 valence electrons. The fraction of sp³-hybridized carbons (Fsp3) is 0.667. The van der Waals surface area contributed by atoms with Gasteiger partial charge < -0.3 is 9.80 Å². The first kappa shape index (κ1) is 14.0. The average molecular weight is 293 g/mol. The lowest BCUT2D eigenvalue weighted by Crippen LogP contribution is -2.39. The molecule has 2 heterocycles. The molecule has 1 spiro atoms. The van der Waals surface area contributed by atoms with E-state index < -0.39 is 0 Å². The number of nitrogens with zero attached hydrogens (tertiary/aromatic N) is 2. The Morgan fingerprint density at radius 3 is 2.85 bits per heavy atom. The van der Waals surface area contributed by atoms with Gasteiger partial charge in [-0.2, -0.15) is 11.3 Å². The Bertz CT molecular complexity index is 481. The summed E-state index contributed by atoms with van der Waals surface area (Å²) < 4.78 is 0. The number of carbonyl (C=O) groups excluding carboxylic acids is 1. The number of nitrogens with one attached hydrogen (secondary N) is 1. The first-order chi connectivity index (χ1) is 9.53. The van der Waals surface area contributed by atoms with E-state index in [9.17, 15) is 4.79 Å². The summed E-state index contributed by atoms with van der Waals surface area (Å²) in [6.07, 6.45) is 2.04. The van der Waals surface area contributed by atoms with Gasteiger partial charge in [-0.25, -0.2) is 0 Å². The summed E-state index contributed by atoms with van der Waals surface area (Å²) in [5.74, 6) is 0.297. The van der Waals surface area contributed by atoms with Crippen LogP contribution in [0.15, 0.2) is 16.8 Å². The van der Waals surface area contributed by atoms with Crippen LogP contribution in [0.4, 0.5) is 0 Å². The van der Waals surface area contributed by atoms with E-state index in [2.05, 4.69) is 47.9 Å². The Kier molecular flexibility index (Phi) is 3.60. The zero-order valence-electron chi connectivity index (χ0n) is 12.4. The molecule has 1 N–H and O–H groups in total. The van der Waals surface area contributed by atoms with Crippen LogP contribution < -0.4 is 5.32 Å². The number of thiophene rings is 1. The fourth-order valence-electron chi connectivity index (χ4n) is 2.72. The molecule has 1 aliphatic heterocycles. The maximum absolute atomic E-state index is 12.6. The van der Waals surface area contributed by atoms with Gasteiger partial charge in [-0.3, -0.25) is 10.1 Å². The molecular weight excluding hydrogens is 270 g/mol. The average Bonchev–Trinajstić information content (AvgIpc) is 2.90. The molecule has 1 saturated carbocycles. The maximum atomic E-state index is 12.6. The van der Waals surface area contributed by atoms with E-state index in [4.69, 9.17) is 0 Å². The standard InChI is InChI=1S/C15H23N3OS/c1-11(2)17(3)7-8-18-13(12-4-9-20-10-12)16-15(5-6-15)14(18)19/h4,9-11,13,16H,5-8H2,1-3H3. The molecule has 0 aromatic carbocycles. The molecule has 1 aromatic heterocycles. The first-order valence-electron chi connectivity index (χ1n) is 7.35. The number of hydrogen-bond donors (Lipinski definition) is 1. The molecule has 0 radical (unpaired) electrons. The third kappa shape index (κ3) is 2.38. The second kappa shape index (κ2) is 5.13. The van der Waals surface area contributed by atoms with Crippen molar-refractivity contribution in [2.24, 2.45) is 0 Å².